The molecule has 0 unspecified atom stereocenters. The summed E-state index contributed by atoms with van der Waals surface area (Å²) in [6.45, 7) is 0. The first kappa shape index (κ1) is 13.7. The zero-order valence-electron chi connectivity index (χ0n) is 9.46. The molecule has 0 heterocycles. The van der Waals surface area contributed by atoms with Crippen molar-refractivity contribution in [3.8, 4) is 5.75 Å². The van der Waals surface area contributed by atoms with E-state index in [4.69, 9.17) is 10.5 Å². The van der Waals surface area contributed by atoms with Crippen LogP contribution in [0.3, 0.4) is 0 Å². The van der Waals surface area contributed by atoms with Gasteiger partial charge < -0.3 is 10.5 Å². The van der Waals surface area contributed by atoms with Gasteiger partial charge in [0.1, 0.15) is 0 Å². The Morgan fingerprint density at radius 1 is 1.53 bits per heavy atom. The molecule has 1 saturated carbocycles. The first-order valence-electron chi connectivity index (χ1n) is 5.21. The SMILES string of the molecule is COc1ccc([C@@H](N)C2CC2)cc1[N+](=O)[O-].Cl. The summed E-state index contributed by atoms with van der Waals surface area (Å²) in [7, 11) is 1.42. The van der Waals surface area contributed by atoms with Gasteiger partial charge in [0.05, 0.1) is 12.0 Å². The lowest BCUT2D eigenvalue weighted by molar-refractivity contribution is -0.385. The third kappa shape index (κ3) is 2.87. The van der Waals surface area contributed by atoms with Crippen molar-refractivity contribution in [1.82, 2.24) is 0 Å². The average Bonchev–Trinajstić information content (AvgIpc) is 3.11. The first-order chi connectivity index (χ1) is 7.63. The van der Waals surface area contributed by atoms with Gasteiger partial charge in [0, 0.05) is 12.1 Å². The largest absolute Gasteiger partial charge is 0.490 e. The van der Waals surface area contributed by atoms with Gasteiger partial charge in [0.15, 0.2) is 5.75 Å². The van der Waals surface area contributed by atoms with Gasteiger partial charge in [-0.1, -0.05) is 6.07 Å². The first-order valence-corrected chi connectivity index (χ1v) is 5.21. The lowest BCUT2D eigenvalue weighted by Gasteiger charge is -2.11. The number of hydrogen-bond acceptors (Lipinski definition) is 4. The number of nitro groups is 1. The van der Waals surface area contributed by atoms with E-state index in [1.165, 1.54) is 13.2 Å². The maximum atomic E-state index is 10.8. The van der Waals surface area contributed by atoms with Gasteiger partial charge in [0.2, 0.25) is 0 Å². The van der Waals surface area contributed by atoms with Crippen LogP contribution in [-0.2, 0) is 0 Å². The zero-order valence-corrected chi connectivity index (χ0v) is 10.3. The van der Waals surface area contributed by atoms with Crippen molar-refractivity contribution in [3.05, 3.63) is 33.9 Å². The van der Waals surface area contributed by atoms with Crippen LogP contribution in [0.25, 0.3) is 0 Å². The summed E-state index contributed by atoms with van der Waals surface area (Å²) in [5.41, 5.74) is 6.79. The highest BCUT2D eigenvalue weighted by atomic mass is 35.5. The van der Waals surface area contributed by atoms with Crippen LogP contribution in [-0.4, -0.2) is 12.0 Å². The molecule has 1 aromatic carbocycles. The molecular formula is C11H15ClN2O3. The highest BCUT2D eigenvalue weighted by molar-refractivity contribution is 5.85. The Morgan fingerprint density at radius 2 is 2.18 bits per heavy atom. The molecule has 94 valence electrons. The third-order valence-corrected chi connectivity index (χ3v) is 2.91. The highest BCUT2D eigenvalue weighted by Crippen LogP contribution is 2.41. The Balaban J connectivity index is 0.00000144. The fourth-order valence-electron chi connectivity index (χ4n) is 1.78. The molecule has 1 aromatic rings. The van der Waals surface area contributed by atoms with Crippen molar-refractivity contribution in [2.45, 2.75) is 18.9 Å². The van der Waals surface area contributed by atoms with E-state index in [1.807, 2.05) is 0 Å². The van der Waals surface area contributed by atoms with E-state index in [0.29, 0.717) is 5.92 Å². The number of halogens is 1. The average molecular weight is 259 g/mol. The van der Waals surface area contributed by atoms with Crippen molar-refractivity contribution in [2.75, 3.05) is 7.11 Å². The van der Waals surface area contributed by atoms with Gasteiger partial charge in [-0.25, -0.2) is 0 Å². The van der Waals surface area contributed by atoms with E-state index in [-0.39, 0.29) is 29.9 Å². The minimum absolute atomic E-state index is 0. The molecule has 0 spiro atoms. The fraction of sp³-hybridized carbons (Fsp3) is 0.455. The van der Waals surface area contributed by atoms with Crippen LogP contribution in [0.5, 0.6) is 5.75 Å². The Labute approximate surface area is 106 Å². The van der Waals surface area contributed by atoms with Gasteiger partial charge in [-0.05, 0) is 30.4 Å². The summed E-state index contributed by atoms with van der Waals surface area (Å²) in [6.07, 6.45) is 2.22. The quantitative estimate of drug-likeness (QED) is 0.665. The van der Waals surface area contributed by atoms with Crippen molar-refractivity contribution < 1.29 is 9.66 Å². The summed E-state index contributed by atoms with van der Waals surface area (Å²) in [5, 5.41) is 10.8. The van der Waals surface area contributed by atoms with E-state index in [0.717, 1.165) is 18.4 Å². The molecule has 1 fully saturated rings. The van der Waals surface area contributed by atoms with Crippen LogP contribution in [0, 0.1) is 16.0 Å². The molecule has 2 N–H and O–H groups in total. The second-order valence-electron chi connectivity index (χ2n) is 4.05. The maximum Gasteiger partial charge on any atom is 0.311 e. The minimum Gasteiger partial charge on any atom is -0.490 e. The molecule has 5 nitrogen and oxygen atoms in total. The number of ether oxygens (including phenoxy) is 1. The summed E-state index contributed by atoms with van der Waals surface area (Å²) in [4.78, 5) is 10.4. The molecule has 0 aliphatic heterocycles. The number of nitro benzene ring substituents is 1. The Kier molecular flexibility index (Phi) is 4.31. The van der Waals surface area contributed by atoms with Crippen LogP contribution in [0.15, 0.2) is 18.2 Å². The predicted octanol–water partition coefficient (Wildman–Crippen LogP) is 2.44. The fourth-order valence-corrected chi connectivity index (χ4v) is 1.78. The molecule has 0 amide bonds. The molecule has 6 heteroatoms. The smallest absolute Gasteiger partial charge is 0.311 e. The van der Waals surface area contributed by atoms with E-state index >= 15 is 0 Å². The molecule has 0 radical (unpaired) electrons. The Bertz CT molecular complexity index is 421. The highest BCUT2D eigenvalue weighted by Gasteiger charge is 2.30. The van der Waals surface area contributed by atoms with Gasteiger partial charge in [-0.3, -0.25) is 10.1 Å². The number of benzene rings is 1. The predicted molar refractivity (Wildman–Crippen MR) is 66.5 cm³/mol. The van der Waals surface area contributed by atoms with E-state index in [1.54, 1.807) is 12.1 Å². The topological polar surface area (TPSA) is 78.4 Å². The van der Waals surface area contributed by atoms with Crippen LogP contribution >= 0.6 is 12.4 Å². The van der Waals surface area contributed by atoms with Gasteiger partial charge in [0.25, 0.3) is 0 Å². The van der Waals surface area contributed by atoms with Gasteiger partial charge in [-0.15, -0.1) is 12.4 Å². The summed E-state index contributed by atoms with van der Waals surface area (Å²) in [5.74, 6) is 0.754. The van der Waals surface area contributed by atoms with E-state index in [2.05, 4.69) is 0 Å². The van der Waals surface area contributed by atoms with Crippen molar-refractivity contribution >= 4 is 18.1 Å². The molecule has 1 aliphatic carbocycles. The third-order valence-electron chi connectivity index (χ3n) is 2.91. The summed E-state index contributed by atoms with van der Waals surface area (Å²) in [6, 6.07) is 4.83. The van der Waals surface area contributed by atoms with Crippen LogP contribution < -0.4 is 10.5 Å². The Hall–Kier alpha value is -1.33. The zero-order chi connectivity index (χ0) is 11.7. The maximum absolute atomic E-state index is 10.8. The molecule has 2 rings (SSSR count). The standard InChI is InChI=1S/C11H14N2O3.ClH/c1-16-10-5-4-8(6-9(10)13(14)15)11(12)7-2-3-7;/h4-7,11H,2-3,12H2,1H3;1H/t11-;/m0./s1. The van der Waals surface area contributed by atoms with Crippen LogP contribution in [0.4, 0.5) is 5.69 Å². The monoisotopic (exact) mass is 258 g/mol. The van der Waals surface area contributed by atoms with Crippen LogP contribution in [0.1, 0.15) is 24.4 Å². The minimum atomic E-state index is -0.443. The van der Waals surface area contributed by atoms with Gasteiger partial charge >= 0.3 is 5.69 Å². The molecule has 1 aliphatic rings. The second kappa shape index (κ2) is 5.33. The number of methoxy groups -OCH3 is 1. The molecular weight excluding hydrogens is 244 g/mol. The van der Waals surface area contributed by atoms with E-state index < -0.39 is 4.92 Å². The van der Waals surface area contributed by atoms with Crippen molar-refractivity contribution in [3.63, 3.8) is 0 Å². The molecule has 0 saturated heterocycles. The molecule has 0 bridgehead atoms. The van der Waals surface area contributed by atoms with Crippen molar-refractivity contribution in [2.24, 2.45) is 11.7 Å². The van der Waals surface area contributed by atoms with Gasteiger partial charge in [-0.2, -0.15) is 0 Å². The molecule has 17 heavy (non-hydrogen) atoms. The number of hydrogen-bond donors (Lipinski definition) is 1. The number of nitrogens with two attached hydrogens (primary N) is 1. The molecule has 0 aromatic heterocycles. The normalized spacial score (nSPS) is 15.9. The second-order valence-corrected chi connectivity index (χ2v) is 4.05. The lowest BCUT2D eigenvalue weighted by atomic mass is 10.0. The number of nitrogens with zero attached hydrogens (tertiary/aromatic N) is 1. The molecule has 1 atom stereocenters. The Morgan fingerprint density at radius 3 is 2.65 bits per heavy atom. The van der Waals surface area contributed by atoms with Crippen molar-refractivity contribution in [1.29, 1.82) is 0 Å². The summed E-state index contributed by atoms with van der Waals surface area (Å²) < 4.78 is 4.93. The lowest BCUT2D eigenvalue weighted by Crippen LogP contribution is -2.12. The number of rotatable bonds is 4. The summed E-state index contributed by atoms with van der Waals surface area (Å²) >= 11 is 0. The van der Waals surface area contributed by atoms with Crippen LogP contribution in [0.2, 0.25) is 0 Å². The van der Waals surface area contributed by atoms with E-state index in [9.17, 15) is 10.1 Å².